The van der Waals surface area contributed by atoms with Gasteiger partial charge in [0, 0.05) is 22.4 Å². The first-order valence-corrected chi connectivity index (χ1v) is 1.12. The zero-order valence-electron chi connectivity index (χ0n) is 4.21. The van der Waals surface area contributed by atoms with Crippen molar-refractivity contribution in [1.82, 2.24) is 5.01 Å². The minimum Gasteiger partial charge on any atom is -0.610 e. The molecule has 0 atom stereocenters. The molecule has 47 valence electrons. The van der Waals surface area contributed by atoms with E-state index in [9.17, 15) is 0 Å². The Hall–Kier alpha value is 1.24. The van der Waals surface area contributed by atoms with Crippen molar-refractivity contribution >= 4 is 24.8 Å². The third-order valence-electron chi connectivity index (χ3n) is 0. The van der Waals surface area contributed by atoms with E-state index in [0.717, 1.165) is 0 Å². The molecular formula is C2H9Cl2N2Nb-. The standard InChI is InChI=1S/C2H7N2.2ClH.Nb/c1-4(2)3;;;/h3H,1-2H3;2*1H;/q-1;;;. The number of nitrogens with one attached hydrogen (secondary N) is 1. The van der Waals surface area contributed by atoms with Crippen molar-refractivity contribution in [3.63, 3.8) is 0 Å². The molecule has 0 spiro atoms. The van der Waals surface area contributed by atoms with E-state index in [1.54, 1.807) is 14.1 Å². The summed E-state index contributed by atoms with van der Waals surface area (Å²) in [5.74, 6) is 6.42. The van der Waals surface area contributed by atoms with Crippen LogP contribution in [-0.4, -0.2) is 19.1 Å². The van der Waals surface area contributed by atoms with Gasteiger partial charge < -0.3 is 10.9 Å². The van der Waals surface area contributed by atoms with Crippen molar-refractivity contribution in [3.05, 3.63) is 5.84 Å². The van der Waals surface area contributed by atoms with Crippen LogP contribution in [0.5, 0.6) is 0 Å². The summed E-state index contributed by atoms with van der Waals surface area (Å²) in [5, 5.41) is 1.25. The molecule has 1 N–H and O–H groups in total. The minimum atomic E-state index is 0. The van der Waals surface area contributed by atoms with Crippen molar-refractivity contribution in [2.24, 2.45) is 0 Å². The van der Waals surface area contributed by atoms with Crippen LogP contribution in [0.15, 0.2) is 0 Å². The van der Waals surface area contributed by atoms with Gasteiger partial charge in [-0.2, -0.15) is 0 Å². The van der Waals surface area contributed by atoms with Gasteiger partial charge in [0.25, 0.3) is 0 Å². The van der Waals surface area contributed by atoms with E-state index >= 15 is 0 Å². The molecule has 5 heteroatoms. The third kappa shape index (κ3) is 129. The topological polar surface area (TPSA) is 27.0 Å². The van der Waals surface area contributed by atoms with Gasteiger partial charge in [0.2, 0.25) is 0 Å². The fourth-order valence-corrected chi connectivity index (χ4v) is 0. The zero-order valence-corrected chi connectivity index (χ0v) is 8.04. The summed E-state index contributed by atoms with van der Waals surface area (Å²) < 4.78 is 0. The predicted octanol–water partition coefficient (Wildman–Crippen LogP) is 1.36. The van der Waals surface area contributed by atoms with Crippen LogP contribution in [0, 0.1) is 0 Å². The Morgan fingerprint density at radius 2 is 1.14 bits per heavy atom. The first-order chi connectivity index (χ1) is 1.73. The summed E-state index contributed by atoms with van der Waals surface area (Å²) in [5.41, 5.74) is 0. The van der Waals surface area contributed by atoms with Gasteiger partial charge in [0.05, 0.1) is 0 Å². The maximum Gasteiger partial charge on any atom is 0 e. The SMILES string of the molecule is CN(C)[NH-].Cl.Cl.[Nb]. The van der Waals surface area contributed by atoms with Gasteiger partial charge in [-0.05, 0) is 14.1 Å². The maximum atomic E-state index is 6.42. The van der Waals surface area contributed by atoms with Gasteiger partial charge in [-0.1, -0.05) is 0 Å². The largest absolute Gasteiger partial charge is 0.610 e. The molecule has 0 aliphatic carbocycles. The molecule has 0 unspecified atom stereocenters. The van der Waals surface area contributed by atoms with E-state index in [4.69, 9.17) is 5.84 Å². The molecule has 0 saturated heterocycles. The summed E-state index contributed by atoms with van der Waals surface area (Å²) in [7, 11) is 3.33. The summed E-state index contributed by atoms with van der Waals surface area (Å²) in [6.45, 7) is 0. The first kappa shape index (κ1) is 24.0. The molecule has 0 rings (SSSR count). The molecular weight excluding hydrogens is 216 g/mol. The van der Waals surface area contributed by atoms with Crippen molar-refractivity contribution in [1.29, 1.82) is 0 Å². The average Bonchev–Trinajstić information content (AvgIpc) is 0.811. The Labute approximate surface area is 72.1 Å². The Morgan fingerprint density at radius 3 is 1.14 bits per heavy atom. The predicted molar refractivity (Wildman–Crippen MR) is 32.5 cm³/mol. The smallest absolute Gasteiger partial charge is 0 e. The summed E-state index contributed by atoms with van der Waals surface area (Å²) >= 11 is 0. The van der Waals surface area contributed by atoms with E-state index in [-0.39, 0.29) is 47.2 Å². The molecule has 0 aromatic heterocycles. The number of halogens is 2. The molecule has 2 nitrogen and oxygen atoms in total. The average molecular weight is 225 g/mol. The molecule has 0 aromatic carbocycles. The Bertz CT molecular complexity index is 18.4. The normalized spacial score (nSPS) is 5.14. The van der Waals surface area contributed by atoms with Crippen LogP contribution in [0.3, 0.4) is 0 Å². The molecule has 0 bridgehead atoms. The summed E-state index contributed by atoms with van der Waals surface area (Å²) in [6, 6.07) is 0. The first-order valence-electron chi connectivity index (χ1n) is 1.12. The van der Waals surface area contributed by atoms with Crippen LogP contribution in [0.25, 0.3) is 5.84 Å². The van der Waals surface area contributed by atoms with E-state index in [1.807, 2.05) is 0 Å². The summed E-state index contributed by atoms with van der Waals surface area (Å²) in [4.78, 5) is 0. The molecule has 7 heavy (non-hydrogen) atoms. The second-order valence-electron chi connectivity index (χ2n) is 0.894. The van der Waals surface area contributed by atoms with Gasteiger partial charge >= 0.3 is 0 Å². The van der Waals surface area contributed by atoms with E-state index in [2.05, 4.69) is 0 Å². The van der Waals surface area contributed by atoms with Gasteiger partial charge in [-0.3, -0.25) is 0 Å². The second-order valence-corrected chi connectivity index (χ2v) is 0.894. The van der Waals surface area contributed by atoms with Crippen LogP contribution in [0.2, 0.25) is 0 Å². The Balaban J connectivity index is -0.0000000150. The second kappa shape index (κ2) is 15.7. The Morgan fingerprint density at radius 1 is 1.14 bits per heavy atom. The number of nitrogens with zero attached hydrogens (tertiary/aromatic N) is 1. The molecule has 0 heterocycles. The molecule has 0 fully saturated rings. The Kier molecular flexibility index (Phi) is 53.8. The van der Waals surface area contributed by atoms with E-state index < -0.39 is 0 Å². The van der Waals surface area contributed by atoms with Crippen molar-refractivity contribution < 1.29 is 22.4 Å². The van der Waals surface area contributed by atoms with Crippen molar-refractivity contribution in [2.75, 3.05) is 14.1 Å². The van der Waals surface area contributed by atoms with Gasteiger partial charge in [-0.15, -0.1) is 24.8 Å². The van der Waals surface area contributed by atoms with E-state index in [0.29, 0.717) is 0 Å². The molecule has 1 radical (unpaired) electrons. The third-order valence-corrected chi connectivity index (χ3v) is 0. The fraction of sp³-hybridized carbons (Fsp3) is 1.00. The molecule has 0 aliphatic heterocycles. The fourth-order valence-electron chi connectivity index (χ4n) is 0. The van der Waals surface area contributed by atoms with Gasteiger partial charge in [0.1, 0.15) is 0 Å². The number of rotatable bonds is 0. The van der Waals surface area contributed by atoms with Crippen LogP contribution in [0.1, 0.15) is 0 Å². The number of hydrogen-bond acceptors (Lipinski definition) is 1. The molecule has 0 aromatic rings. The van der Waals surface area contributed by atoms with E-state index in [1.165, 1.54) is 5.01 Å². The number of hydrogen-bond donors (Lipinski definition) is 0. The van der Waals surface area contributed by atoms with Crippen LogP contribution in [0.4, 0.5) is 0 Å². The molecule has 0 amide bonds. The maximum absolute atomic E-state index is 6.42. The van der Waals surface area contributed by atoms with Crippen LogP contribution >= 0.6 is 24.8 Å². The van der Waals surface area contributed by atoms with Crippen LogP contribution < -0.4 is 0 Å². The van der Waals surface area contributed by atoms with Crippen molar-refractivity contribution in [3.8, 4) is 0 Å². The van der Waals surface area contributed by atoms with Gasteiger partial charge in [-0.25, -0.2) is 0 Å². The molecule has 0 aliphatic rings. The van der Waals surface area contributed by atoms with Crippen molar-refractivity contribution in [2.45, 2.75) is 0 Å². The molecule has 0 saturated carbocycles. The van der Waals surface area contributed by atoms with Gasteiger partial charge in [0.15, 0.2) is 0 Å². The quantitative estimate of drug-likeness (QED) is 0.451. The minimum absolute atomic E-state index is 0. The summed E-state index contributed by atoms with van der Waals surface area (Å²) in [6.07, 6.45) is 0. The van der Waals surface area contributed by atoms with Crippen LogP contribution in [-0.2, 0) is 22.4 Å². The zero-order chi connectivity index (χ0) is 3.58. The monoisotopic (exact) mass is 224 g/mol.